The molecule has 2 heterocycles. The van der Waals surface area contributed by atoms with Gasteiger partial charge in [0.2, 0.25) is 0 Å². The van der Waals surface area contributed by atoms with Crippen molar-refractivity contribution >= 4 is 0 Å². The summed E-state index contributed by atoms with van der Waals surface area (Å²) < 4.78 is 5.03. The van der Waals surface area contributed by atoms with Crippen molar-refractivity contribution in [3.63, 3.8) is 0 Å². The first-order valence-corrected chi connectivity index (χ1v) is 6.40. The second-order valence-electron chi connectivity index (χ2n) is 4.94. The fourth-order valence-electron chi connectivity index (χ4n) is 2.19. The van der Waals surface area contributed by atoms with E-state index < -0.39 is 0 Å². The van der Waals surface area contributed by atoms with Crippen molar-refractivity contribution in [2.24, 2.45) is 0 Å². The van der Waals surface area contributed by atoms with E-state index in [-0.39, 0.29) is 0 Å². The smallest absolute Gasteiger partial charge is 0.0947 e. The van der Waals surface area contributed by atoms with E-state index >= 15 is 0 Å². The van der Waals surface area contributed by atoms with E-state index in [2.05, 4.69) is 29.1 Å². The van der Waals surface area contributed by atoms with E-state index in [0.717, 1.165) is 19.6 Å². The third-order valence-electron chi connectivity index (χ3n) is 3.56. The van der Waals surface area contributed by atoms with Crippen molar-refractivity contribution in [1.29, 1.82) is 0 Å². The average Bonchev–Trinajstić information content (AvgIpc) is 2.82. The largest absolute Gasteiger partial charge is 0.472 e. The predicted molar refractivity (Wildman–Crippen MR) is 68.9 cm³/mol. The molecule has 17 heavy (non-hydrogen) atoms. The molecule has 0 spiro atoms. The molecule has 1 aromatic rings. The highest BCUT2D eigenvalue weighted by Gasteiger charge is 2.19. The van der Waals surface area contributed by atoms with Crippen LogP contribution in [0.1, 0.15) is 12.5 Å². The molecule has 1 aliphatic heterocycles. The maximum absolute atomic E-state index is 5.03. The lowest BCUT2D eigenvalue weighted by atomic mass is 10.2. The third kappa shape index (κ3) is 3.84. The maximum atomic E-state index is 5.03. The Morgan fingerprint density at radius 1 is 1.47 bits per heavy atom. The van der Waals surface area contributed by atoms with Crippen molar-refractivity contribution in [1.82, 2.24) is 15.1 Å². The van der Waals surface area contributed by atoms with E-state index in [9.17, 15) is 0 Å². The predicted octanol–water partition coefficient (Wildman–Crippen LogP) is 1.01. The second-order valence-corrected chi connectivity index (χ2v) is 4.94. The molecule has 1 saturated heterocycles. The summed E-state index contributed by atoms with van der Waals surface area (Å²) in [6.45, 7) is 8.93. The summed E-state index contributed by atoms with van der Waals surface area (Å²) in [6.07, 6.45) is 3.52. The second kappa shape index (κ2) is 6.19. The van der Waals surface area contributed by atoms with Crippen molar-refractivity contribution < 1.29 is 4.42 Å². The van der Waals surface area contributed by atoms with Crippen LogP contribution < -0.4 is 5.32 Å². The Labute approximate surface area is 104 Å². The molecule has 1 unspecified atom stereocenters. The van der Waals surface area contributed by atoms with E-state index in [1.807, 2.05) is 6.07 Å². The number of piperazine rings is 1. The maximum Gasteiger partial charge on any atom is 0.0947 e. The highest BCUT2D eigenvalue weighted by Crippen LogP contribution is 2.05. The topological polar surface area (TPSA) is 31.6 Å². The molecule has 1 atom stereocenters. The number of likely N-dealkylation sites (N-methyl/N-ethyl adjacent to an activating group) is 1. The van der Waals surface area contributed by atoms with Crippen LogP contribution in [0.4, 0.5) is 0 Å². The lowest BCUT2D eigenvalue weighted by Crippen LogP contribution is -2.51. The van der Waals surface area contributed by atoms with Crippen LogP contribution in [0.15, 0.2) is 23.0 Å². The Hall–Kier alpha value is -0.840. The lowest BCUT2D eigenvalue weighted by Gasteiger charge is -2.37. The first-order chi connectivity index (χ1) is 8.25. The van der Waals surface area contributed by atoms with Gasteiger partial charge in [0.05, 0.1) is 12.5 Å². The normalized spacial score (nSPS) is 23.1. The number of nitrogens with one attached hydrogen (secondary N) is 1. The van der Waals surface area contributed by atoms with E-state index in [0.29, 0.717) is 6.04 Å². The highest BCUT2D eigenvalue weighted by atomic mass is 16.3. The molecule has 1 N–H and O–H groups in total. The van der Waals surface area contributed by atoms with E-state index in [4.69, 9.17) is 4.42 Å². The van der Waals surface area contributed by atoms with Gasteiger partial charge in [-0.1, -0.05) is 0 Å². The van der Waals surface area contributed by atoms with Crippen LogP contribution in [0, 0.1) is 0 Å². The number of hydrogen-bond acceptors (Lipinski definition) is 4. The fourth-order valence-corrected chi connectivity index (χ4v) is 2.19. The van der Waals surface area contributed by atoms with Crippen LogP contribution >= 0.6 is 0 Å². The van der Waals surface area contributed by atoms with Crippen LogP contribution in [0.2, 0.25) is 0 Å². The zero-order chi connectivity index (χ0) is 12.1. The average molecular weight is 237 g/mol. The fraction of sp³-hybridized carbons (Fsp3) is 0.692. The summed E-state index contributed by atoms with van der Waals surface area (Å²) in [4.78, 5) is 4.96. The first kappa shape index (κ1) is 12.6. The number of rotatable bonds is 5. The summed E-state index contributed by atoms with van der Waals surface area (Å²) in [5.41, 5.74) is 1.22. The van der Waals surface area contributed by atoms with Gasteiger partial charge in [0.25, 0.3) is 0 Å². The summed E-state index contributed by atoms with van der Waals surface area (Å²) >= 11 is 0. The molecule has 2 rings (SSSR count). The minimum absolute atomic E-state index is 0.678. The Morgan fingerprint density at radius 3 is 3.06 bits per heavy atom. The standard InChI is InChI=1S/C13H23N3O/c1-12-10-16(7-6-15(12)2)5-4-14-9-13-3-8-17-11-13/h3,8,11-12,14H,4-7,9-10H2,1-2H3. The van der Waals surface area contributed by atoms with Crippen LogP contribution in [0.3, 0.4) is 0 Å². The van der Waals surface area contributed by atoms with Crippen LogP contribution in [-0.4, -0.2) is 55.6 Å². The molecule has 0 radical (unpaired) electrons. The van der Waals surface area contributed by atoms with Gasteiger partial charge in [0, 0.05) is 50.9 Å². The van der Waals surface area contributed by atoms with Gasteiger partial charge in [-0.3, -0.25) is 4.90 Å². The molecule has 0 saturated carbocycles. The van der Waals surface area contributed by atoms with Crippen molar-refractivity contribution in [3.05, 3.63) is 24.2 Å². The SMILES string of the molecule is CC1CN(CCNCc2ccoc2)CCN1C. The summed E-state index contributed by atoms with van der Waals surface area (Å²) in [5.74, 6) is 0. The van der Waals surface area contributed by atoms with Gasteiger partial charge in [-0.25, -0.2) is 0 Å². The molecule has 0 bridgehead atoms. The quantitative estimate of drug-likeness (QED) is 0.774. The number of nitrogens with zero attached hydrogens (tertiary/aromatic N) is 2. The Morgan fingerprint density at radius 2 is 2.35 bits per heavy atom. The molecule has 1 aromatic heterocycles. The molecule has 4 nitrogen and oxygen atoms in total. The van der Waals surface area contributed by atoms with Gasteiger partial charge in [-0.05, 0) is 20.0 Å². The molecular weight excluding hydrogens is 214 g/mol. The summed E-state index contributed by atoms with van der Waals surface area (Å²) in [6, 6.07) is 2.68. The van der Waals surface area contributed by atoms with Crippen molar-refractivity contribution in [3.8, 4) is 0 Å². The van der Waals surface area contributed by atoms with Crippen molar-refractivity contribution in [2.45, 2.75) is 19.5 Å². The summed E-state index contributed by atoms with van der Waals surface area (Å²) in [7, 11) is 2.21. The third-order valence-corrected chi connectivity index (χ3v) is 3.56. The molecule has 1 fully saturated rings. The molecule has 96 valence electrons. The minimum atomic E-state index is 0.678. The van der Waals surface area contributed by atoms with Crippen LogP contribution in [0.25, 0.3) is 0 Å². The summed E-state index contributed by atoms with van der Waals surface area (Å²) in [5, 5.41) is 3.45. The van der Waals surface area contributed by atoms with Gasteiger partial charge >= 0.3 is 0 Å². The zero-order valence-corrected chi connectivity index (χ0v) is 10.9. The first-order valence-electron chi connectivity index (χ1n) is 6.40. The highest BCUT2D eigenvalue weighted by molar-refractivity contribution is 5.04. The number of hydrogen-bond donors (Lipinski definition) is 1. The van der Waals surface area contributed by atoms with Crippen molar-refractivity contribution in [2.75, 3.05) is 39.8 Å². The zero-order valence-electron chi connectivity index (χ0n) is 10.9. The Bertz CT molecular complexity index is 312. The monoisotopic (exact) mass is 237 g/mol. The molecule has 4 heteroatoms. The minimum Gasteiger partial charge on any atom is -0.472 e. The Balaban J connectivity index is 1.59. The Kier molecular flexibility index (Phi) is 4.59. The number of furan rings is 1. The van der Waals surface area contributed by atoms with Gasteiger partial charge in [0.15, 0.2) is 0 Å². The van der Waals surface area contributed by atoms with Crippen LogP contribution in [0.5, 0.6) is 0 Å². The molecule has 0 aliphatic carbocycles. The molecular formula is C13H23N3O. The van der Waals surface area contributed by atoms with E-state index in [1.165, 1.54) is 25.2 Å². The lowest BCUT2D eigenvalue weighted by molar-refractivity contribution is 0.106. The van der Waals surface area contributed by atoms with Gasteiger partial charge in [0.1, 0.15) is 0 Å². The molecule has 1 aliphatic rings. The molecule has 0 amide bonds. The van der Waals surface area contributed by atoms with Gasteiger partial charge < -0.3 is 14.6 Å². The van der Waals surface area contributed by atoms with Gasteiger partial charge in [-0.15, -0.1) is 0 Å². The van der Waals surface area contributed by atoms with Crippen LogP contribution in [-0.2, 0) is 6.54 Å². The molecule has 0 aromatic carbocycles. The van der Waals surface area contributed by atoms with E-state index in [1.54, 1.807) is 12.5 Å². The van der Waals surface area contributed by atoms with Gasteiger partial charge in [-0.2, -0.15) is 0 Å².